The van der Waals surface area contributed by atoms with E-state index in [1.807, 2.05) is 68.0 Å². The first-order chi connectivity index (χ1) is 13.3. The lowest BCUT2D eigenvalue weighted by Gasteiger charge is -2.09. The maximum absolute atomic E-state index is 6.10. The van der Waals surface area contributed by atoms with Crippen LogP contribution >= 0.6 is 0 Å². The normalized spacial score (nSPS) is 11.1. The van der Waals surface area contributed by atoms with E-state index in [2.05, 4.69) is 20.1 Å². The average molecular weight is 353 g/mol. The molecule has 0 saturated heterocycles. The molecule has 0 saturated carbocycles. The quantitative estimate of drug-likeness (QED) is 0.482. The zero-order chi connectivity index (χ0) is 18.2. The number of aromatic nitrogens is 5. The second-order valence-electron chi connectivity index (χ2n) is 6.27. The summed E-state index contributed by atoms with van der Waals surface area (Å²) in [5.41, 5.74) is 3.83. The van der Waals surface area contributed by atoms with Crippen LogP contribution in [-0.4, -0.2) is 24.7 Å². The van der Waals surface area contributed by atoms with Gasteiger partial charge in [-0.2, -0.15) is 5.10 Å². The van der Waals surface area contributed by atoms with Gasteiger partial charge >= 0.3 is 0 Å². The molecule has 0 fully saturated rings. The molecule has 3 heterocycles. The van der Waals surface area contributed by atoms with Crippen molar-refractivity contribution in [2.45, 2.75) is 0 Å². The number of nitrogens with zero attached hydrogens (tertiary/aromatic N) is 5. The number of ether oxygens (including phenoxy) is 1. The van der Waals surface area contributed by atoms with Crippen LogP contribution in [0.5, 0.6) is 11.6 Å². The third kappa shape index (κ3) is 2.87. The fraction of sp³-hybridized carbons (Fsp3) is 0.0476. The zero-order valence-corrected chi connectivity index (χ0v) is 14.6. The molecular formula is C21H15N5O. The number of hydrogen-bond donors (Lipinski definition) is 0. The lowest BCUT2D eigenvalue weighted by molar-refractivity contribution is 0.469. The summed E-state index contributed by atoms with van der Waals surface area (Å²) in [6, 6.07) is 15.7. The van der Waals surface area contributed by atoms with E-state index >= 15 is 0 Å². The van der Waals surface area contributed by atoms with Crippen molar-refractivity contribution >= 4 is 21.8 Å². The smallest absolute Gasteiger partial charge is 0.230 e. The van der Waals surface area contributed by atoms with Gasteiger partial charge in [-0.25, -0.2) is 9.97 Å². The Balaban J connectivity index is 1.59. The van der Waals surface area contributed by atoms with Crippen molar-refractivity contribution < 1.29 is 4.74 Å². The second-order valence-corrected chi connectivity index (χ2v) is 6.27. The Morgan fingerprint density at radius 3 is 2.70 bits per heavy atom. The Bertz CT molecular complexity index is 1280. The third-order valence-corrected chi connectivity index (χ3v) is 4.43. The highest BCUT2D eigenvalue weighted by Gasteiger charge is 2.10. The van der Waals surface area contributed by atoms with E-state index in [0.29, 0.717) is 11.6 Å². The van der Waals surface area contributed by atoms with Gasteiger partial charge in [0.1, 0.15) is 12.1 Å². The Morgan fingerprint density at radius 2 is 1.81 bits per heavy atom. The van der Waals surface area contributed by atoms with Crippen molar-refractivity contribution in [3.63, 3.8) is 0 Å². The lowest BCUT2D eigenvalue weighted by atomic mass is 10.1. The summed E-state index contributed by atoms with van der Waals surface area (Å²) in [6.45, 7) is 0. The molecule has 0 aliphatic rings. The lowest BCUT2D eigenvalue weighted by Crippen LogP contribution is -1.92. The molecule has 6 heteroatoms. The fourth-order valence-electron chi connectivity index (χ4n) is 3.09. The highest BCUT2D eigenvalue weighted by Crippen LogP contribution is 2.31. The summed E-state index contributed by atoms with van der Waals surface area (Å²) in [5, 5.41) is 6.11. The summed E-state index contributed by atoms with van der Waals surface area (Å²) < 4.78 is 7.88. The van der Waals surface area contributed by atoms with Gasteiger partial charge in [-0.3, -0.25) is 9.67 Å². The molecule has 2 aromatic carbocycles. The predicted molar refractivity (Wildman–Crippen MR) is 104 cm³/mol. The number of rotatable bonds is 3. The van der Waals surface area contributed by atoms with Crippen LogP contribution in [0.3, 0.4) is 0 Å². The van der Waals surface area contributed by atoms with Gasteiger partial charge in [-0.05, 0) is 42.0 Å². The van der Waals surface area contributed by atoms with Crippen LogP contribution in [0, 0.1) is 0 Å². The van der Waals surface area contributed by atoms with E-state index < -0.39 is 0 Å². The van der Waals surface area contributed by atoms with Crippen molar-refractivity contribution in [1.82, 2.24) is 24.7 Å². The first kappa shape index (κ1) is 15.5. The second kappa shape index (κ2) is 6.17. The van der Waals surface area contributed by atoms with Crippen LogP contribution in [0.4, 0.5) is 0 Å². The largest absolute Gasteiger partial charge is 0.438 e. The fourth-order valence-corrected chi connectivity index (χ4v) is 3.09. The first-order valence-electron chi connectivity index (χ1n) is 8.53. The number of aryl methyl sites for hydroxylation is 1. The maximum Gasteiger partial charge on any atom is 0.230 e. The van der Waals surface area contributed by atoms with Crippen LogP contribution in [0.1, 0.15) is 0 Å². The minimum Gasteiger partial charge on any atom is -0.438 e. The van der Waals surface area contributed by atoms with Gasteiger partial charge in [0.05, 0.1) is 22.6 Å². The predicted octanol–water partition coefficient (Wildman–Crippen LogP) is 4.37. The third-order valence-electron chi connectivity index (χ3n) is 4.43. The van der Waals surface area contributed by atoms with E-state index in [4.69, 9.17) is 4.74 Å². The summed E-state index contributed by atoms with van der Waals surface area (Å²) in [4.78, 5) is 13.0. The van der Waals surface area contributed by atoms with E-state index in [1.54, 1.807) is 10.9 Å². The van der Waals surface area contributed by atoms with Crippen LogP contribution in [0.25, 0.3) is 32.9 Å². The molecule has 3 aromatic heterocycles. The highest BCUT2D eigenvalue weighted by atomic mass is 16.5. The van der Waals surface area contributed by atoms with Gasteiger partial charge in [-0.1, -0.05) is 12.1 Å². The van der Waals surface area contributed by atoms with E-state index in [1.165, 1.54) is 6.33 Å². The van der Waals surface area contributed by atoms with E-state index in [9.17, 15) is 0 Å². The van der Waals surface area contributed by atoms with Gasteiger partial charge in [-0.15, -0.1) is 0 Å². The molecule has 130 valence electrons. The standard InChI is InChI=1S/C21H15N5O/c1-26-12-16(11-25-26)14-4-6-20-18(10-14)21(24-13-23-20)27-17-5-7-19-15(9-17)3-2-8-22-19/h2-13H,1H3. The Morgan fingerprint density at radius 1 is 0.889 bits per heavy atom. The topological polar surface area (TPSA) is 65.7 Å². The molecule has 5 aromatic rings. The summed E-state index contributed by atoms with van der Waals surface area (Å²) >= 11 is 0. The molecule has 0 spiro atoms. The summed E-state index contributed by atoms with van der Waals surface area (Å²) in [6.07, 6.45) is 7.11. The minimum atomic E-state index is 0.522. The van der Waals surface area contributed by atoms with Crippen LogP contribution in [-0.2, 0) is 7.05 Å². The molecule has 0 radical (unpaired) electrons. The molecule has 27 heavy (non-hydrogen) atoms. The van der Waals surface area contributed by atoms with Crippen molar-refractivity contribution in [1.29, 1.82) is 0 Å². The van der Waals surface area contributed by atoms with Gasteiger partial charge in [0.15, 0.2) is 0 Å². The van der Waals surface area contributed by atoms with Crippen molar-refractivity contribution in [2.75, 3.05) is 0 Å². The van der Waals surface area contributed by atoms with Gasteiger partial charge in [0.25, 0.3) is 0 Å². The summed E-state index contributed by atoms with van der Waals surface area (Å²) in [7, 11) is 1.90. The Labute approximate surface area is 155 Å². The van der Waals surface area contributed by atoms with Gasteiger partial charge in [0, 0.05) is 30.4 Å². The average Bonchev–Trinajstić information content (AvgIpc) is 3.14. The minimum absolute atomic E-state index is 0.522. The Hall–Kier alpha value is -3.80. The molecule has 6 nitrogen and oxygen atoms in total. The monoisotopic (exact) mass is 353 g/mol. The zero-order valence-electron chi connectivity index (χ0n) is 14.6. The molecular weight excluding hydrogens is 338 g/mol. The first-order valence-corrected chi connectivity index (χ1v) is 8.53. The highest BCUT2D eigenvalue weighted by molar-refractivity contribution is 5.88. The van der Waals surface area contributed by atoms with Crippen molar-refractivity contribution in [3.8, 4) is 22.8 Å². The summed E-state index contributed by atoms with van der Waals surface area (Å²) in [5.74, 6) is 1.23. The van der Waals surface area contributed by atoms with Crippen molar-refractivity contribution in [2.24, 2.45) is 7.05 Å². The molecule has 0 N–H and O–H groups in total. The number of hydrogen-bond acceptors (Lipinski definition) is 5. The van der Waals surface area contributed by atoms with Gasteiger partial charge < -0.3 is 4.74 Å². The number of benzene rings is 2. The number of pyridine rings is 1. The van der Waals surface area contributed by atoms with Crippen LogP contribution in [0.15, 0.2) is 73.4 Å². The molecule has 0 amide bonds. The molecule has 0 aliphatic heterocycles. The number of fused-ring (bicyclic) bond motifs is 2. The molecule has 0 bridgehead atoms. The Kier molecular flexibility index (Phi) is 3.53. The molecule has 0 aliphatic carbocycles. The molecule has 0 unspecified atom stereocenters. The SMILES string of the molecule is Cn1cc(-c2ccc3ncnc(Oc4ccc5ncccc5c4)c3c2)cn1. The van der Waals surface area contributed by atoms with Crippen LogP contribution in [0.2, 0.25) is 0 Å². The maximum atomic E-state index is 6.10. The molecule has 5 rings (SSSR count). The van der Waals surface area contributed by atoms with Crippen molar-refractivity contribution in [3.05, 3.63) is 73.4 Å². The van der Waals surface area contributed by atoms with Gasteiger partial charge in [0.2, 0.25) is 5.88 Å². The van der Waals surface area contributed by atoms with E-state index in [0.717, 1.165) is 32.9 Å². The molecule has 0 atom stereocenters. The van der Waals surface area contributed by atoms with Crippen LogP contribution < -0.4 is 4.74 Å². The van der Waals surface area contributed by atoms with E-state index in [-0.39, 0.29) is 0 Å².